The molecule has 2 aromatic rings. The number of alkyl halides is 3. The van der Waals surface area contributed by atoms with Gasteiger partial charge in [0.25, 0.3) is 0 Å². The van der Waals surface area contributed by atoms with Crippen molar-refractivity contribution in [2.24, 2.45) is 0 Å². The van der Waals surface area contributed by atoms with E-state index in [1.54, 1.807) is 0 Å². The van der Waals surface area contributed by atoms with E-state index in [1.807, 2.05) is 12.1 Å². The number of nitrogens with zero attached hydrogens (tertiary/aromatic N) is 2. The molecule has 9 heteroatoms. The van der Waals surface area contributed by atoms with Gasteiger partial charge in [-0.25, -0.2) is 4.39 Å². The van der Waals surface area contributed by atoms with E-state index in [9.17, 15) is 33.2 Å². The quantitative estimate of drug-likeness (QED) is 0.420. The van der Waals surface area contributed by atoms with Gasteiger partial charge in [-0.15, -0.1) is 0 Å². The highest BCUT2D eigenvalue weighted by molar-refractivity contribution is 5.57. The van der Waals surface area contributed by atoms with Crippen molar-refractivity contribution in [1.29, 1.82) is 10.5 Å². The fraction of sp³-hybridized carbons (Fsp3) is 0.364. The molecule has 162 valence electrons. The fourth-order valence-electron chi connectivity index (χ4n) is 4.06. The number of benzene rings is 2. The van der Waals surface area contributed by atoms with Crippen LogP contribution in [0.2, 0.25) is 0 Å². The maximum absolute atomic E-state index is 13.9. The van der Waals surface area contributed by atoms with Crippen molar-refractivity contribution in [3.05, 3.63) is 69.0 Å². The average Bonchev–Trinajstić information content (AvgIpc) is 2.72. The van der Waals surface area contributed by atoms with Gasteiger partial charge in [-0.3, -0.25) is 0 Å². The minimum atomic E-state index is -4.71. The van der Waals surface area contributed by atoms with Crippen LogP contribution in [0.3, 0.4) is 0 Å². The van der Waals surface area contributed by atoms with Gasteiger partial charge in [-0.1, -0.05) is 6.07 Å². The molecule has 0 aromatic heterocycles. The Labute approximate surface area is 176 Å². The summed E-state index contributed by atoms with van der Waals surface area (Å²) in [5, 5.41) is 29.6. The number of rotatable bonds is 5. The van der Waals surface area contributed by atoms with Crippen molar-refractivity contribution in [3.8, 4) is 12.1 Å². The van der Waals surface area contributed by atoms with E-state index < -0.39 is 36.2 Å². The van der Waals surface area contributed by atoms with Gasteiger partial charge in [-0.05, 0) is 47.7 Å². The number of hydrogen-bond donors (Lipinski definition) is 1. The molecule has 2 aromatic carbocycles. The standard InChI is InChI=1S/C22H18F4N2O3/c1-30-11-31-10-18-17(9-28)14(2-4-19(18)22(24,25)26)15-3-5-20(29)16-7-13(23)6-12(8-27)21(15)16/h2,4,6-7,15,20,29H,3,5,10-11H2,1H3/t15-,20-/m1/s1. The number of methoxy groups -OCH3 is 1. The molecule has 1 N–H and O–H groups in total. The Bertz CT molecular complexity index is 1070. The molecular formula is C22H18F4N2O3. The second-order valence-electron chi connectivity index (χ2n) is 7.13. The predicted octanol–water partition coefficient (Wildman–Crippen LogP) is 4.67. The van der Waals surface area contributed by atoms with E-state index in [2.05, 4.69) is 0 Å². The van der Waals surface area contributed by atoms with Gasteiger partial charge >= 0.3 is 6.18 Å². The van der Waals surface area contributed by atoms with Crippen molar-refractivity contribution >= 4 is 0 Å². The number of halogens is 4. The maximum Gasteiger partial charge on any atom is 0.416 e. The lowest BCUT2D eigenvalue weighted by atomic mass is 9.73. The molecule has 0 aliphatic heterocycles. The zero-order chi connectivity index (χ0) is 22.8. The van der Waals surface area contributed by atoms with Crippen LogP contribution in [-0.4, -0.2) is 19.0 Å². The van der Waals surface area contributed by atoms with Crippen molar-refractivity contribution in [1.82, 2.24) is 0 Å². The molecule has 0 saturated heterocycles. The molecule has 1 aliphatic carbocycles. The normalized spacial score (nSPS) is 18.2. The zero-order valence-electron chi connectivity index (χ0n) is 16.5. The summed E-state index contributed by atoms with van der Waals surface area (Å²) < 4.78 is 64.5. The molecule has 0 spiro atoms. The van der Waals surface area contributed by atoms with Gasteiger partial charge in [0.15, 0.2) is 0 Å². The highest BCUT2D eigenvalue weighted by atomic mass is 19.4. The van der Waals surface area contributed by atoms with Crippen molar-refractivity contribution in [2.75, 3.05) is 13.9 Å². The molecule has 0 heterocycles. The van der Waals surface area contributed by atoms with Crippen LogP contribution in [0.4, 0.5) is 17.6 Å². The van der Waals surface area contributed by atoms with Crippen LogP contribution in [-0.2, 0) is 22.3 Å². The van der Waals surface area contributed by atoms with Gasteiger partial charge in [0.2, 0.25) is 0 Å². The third kappa shape index (κ3) is 4.40. The van der Waals surface area contributed by atoms with E-state index >= 15 is 0 Å². The molecule has 0 saturated carbocycles. The summed E-state index contributed by atoms with van der Waals surface area (Å²) in [6.07, 6.45) is -5.25. The van der Waals surface area contributed by atoms with Gasteiger partial charge in [0, 0.05) is 18.6 Å². The largest absolute Gasteiger partial charge is 0.416 e. The highest BCUT2D eigenvalue weighted by Gasteiger charge is 2.37. The van der Waals surface area contributed by atoms with Crippen LogP contribution < -0.4 is 0 Å². The SMILES string of the molecule is COCOCc1c(C(F)(F)F)ccc([C@H]2CC[C@@H](O)c3cc(F)cc(C#N)c32)c1C#N. The molecule has 0 unspecified atom stereocenters. The van der Waals surface area contributed by atoms with Crippen LogP contribution in [0.5, 0.6) is 0 Å². The minimum absolute atomic E-state index is 0.0280. The van der Waals surface area contributed by atoms with Crippen LogP contribution >= 0.6 is 0 Å². The first-order valence-electron chi connectivity index (χ1n) is 9.34. The molecule has 2 atom stereocenters. The predicted molar refractivity (Wildman–Crippen MR) is 100.0 cm³/mol. The fourth-order valence-corrected chi connectivity index (χ4v) is 4.06. The molecular weight excluding hydrogens is 416 g/mol. The third-order valence-corrected chi connectivity index (χ3v) is 5.32. The molecule has 5 nitrogen and oxygen atoms in total. The number of ether oxygens (including phenoxy) is 2. The van der Waals surface area contributed by atoms with E-state index in [0.717, 1.165) is 18.2 Å². The third-order valence-electron chi connectivity index (χ3n) is 5.32. The van der Waals surface area contributed by atoms with Gasteiger partial charge < -0.3 is 14.6 Å². The minimum Gasteiger partial charge on any atom is -0.388 e. The summed E-state index contributed by atoms with van der Waals surface area (Å²) in [5.41, 5.74) is -0.789. The second-order valence-corrected chi connectivity index (χ2v) is 7.13. The molecule has 31 heavy (non-hydrogen) atoms. The molecule has 1 aliphatic rings. The summed E-state index contributed by atoms with van der Waals surface area (Å²) >= 11 is 0. The number of hydrogen-bond acceptors (Lipinski definition) is 5. The Morgan fingerprint density at radius 3 is 2.48 bits per heavy atom. The molecule has 0 amide bonds. The van der Waals surface area contributed by atoms with Crippen LogP contribution in [0.15, 0.2) is 24.3 Å². The summed E-state index contributed by atoms with van der Waals surface area (Å²) in [5.74, 6) is -1.36. The lowest BCUT2D eigenvalue weighted by Gasteiger charge is -2.31. The topological polar surface area (TPSA) is 86.3 Å². The lowest BCUT2D eigenvalue weighted by Crippen LogP contribution is -2.20. The Morgan fingerprint density at radius 2 is 1.87 bits per heavy atom. The van der Waals surface area contributed by atoms with Crippen molar-refractivity contribution in [3.63, 3.8) is 0 Å². The summed E-state index contributed by atoms with van der Waals surface area (Å²) in [6.45, 7) is -0.765. The smallest absolute Gasteiger partial charge is 0.388 e. The Kier molecular flexibility index (Phi) is 6.61. The first-order valence-corrected chi connectivity index (χ1v) is 9.34. The molecule has 0 fully saturated rings. The van der Waals surface area contributed by atoms with Crippen LogP contribution in [0.25, 0.3) is 0 Å². The first-order chi connectivity index (χ1) is 14.7. The van der Waals surface area contributed by atoms with Crippen LogP contribution in [0, 0.1) is 28.5 Å². The highest BCUT2D eigenvalue weighted by Crippen LogP contribution is 2.46. The lowest BCUT2D eigenvalue weighted by molar-refractivity contribution is -0.139. The number of fused-ring (bicyclic) bond motifs is 1. The van der Waals surface area contributed by atoms with Crippen LogP contribution in [0.1, 0.15) is 63.8 Å². The summed E-state index contributed by atoms with van der Waals surface area (Å²) in [6, 6.07) is 7.96. The molecule has 0 bridgehead atoms. The first kappa shape index (κ1) is 22.7. The van der Waals surface area contributed by atoms with E-state index in [4.69, 9.17) is 9.47 Å². The summed E-state index contributed by atoms with van der Waals surface area (Å²) in [4.78, 5) is 0. The van der Waals surface area contributed by atoms with E-state index in [0.29, 0.717) is 5.56 Å². The van der Waals surface area contributed by atoms with Crippen molar-refractivity contribution in [2.45, 2.75) is 37.6 Å². The Balaban J connectivity index is 2.23. The summed E-state index contributed by atoms with van der Waals surface area (Å²) in [7, 11) is 1.32. The number of aliphatic hydroxyl groups is 1. The maximum atomic E-state index is 13.9. The van der Waals surface area contributed by atoms with E-state index in [1.165, 1.54) is 13.2 Å². The second kappa shape index (κ2) is 9.03. The number of nitriles is 2. The van der Waals surface area contributed by atoms with Gasteiger partial charge in [0.05, 0.1) is 41.5 Å². The molecule has 0 radical (unpaired) electrons. The number of aliphatic hydroxyl groups excluding tert-OH is 1. The van der Waals surface area contributed by atoms with Gasteiger partial charge in [0.1, 0.15) is 12.6 Å². The Morgan fingerprint density at radius 1 is 1.13 bits per heavy atom. The van der Waals surface area contributed by atoms with E-state index in [-0.39, 0.29) is 47.5 Å². The Hall–Kier alpha value is -2.98. The monoisotopic (exact) mass is 434 g/mol. The van der Waals surface area contributed by atoms with Gasteiger partial charge in [-0.2, -0.15) is 23.7 Å². The average molecular weight is 434 g/mol. The van der Waals surface area contributed by atoms with Crippen molar-refractivity contribution < 1.29 is 32.1 Å². The zero-order valence-corrected chi connectivity index (χ0v) is 16.5. The molecule has 3 rings (SSSR count).